The lowest BCUT2D eigenvalue weighted by Gasteiger charge is -2.19. The van der Waals surface area contributed by atoms with Crippen molar-refractivity contribution in [2.24, 2.45) is 0 Å². The molecule has 2 aromatic heterocycles. The van der Waals surface area contributed by atoms with Crippen molar-refractivity contribution in [2.75, 3.05) is 6.54 Å². The summed E-state index contributed by atoms with van der Waals surface area (Å²) < 4.78 is 5.44. The van der Waals surface area contributed by atoms with E-state index in [1.165, 1.54) is 0 Å². The van der Waals surface area contributed by atoms with Gasteiger partial charge in [-0.25, -0.2) is 4.98 Å². The van der Waals surface area contributed by atoms with E-state index in [0.717, 1.165) is 22.0 Å². The van der Waals surface area contributed by atoms with Crippen LogP contribution >= 0.6 is 11.6 Å². The number of hydrogen-bond acceptors (Lipinski definition) is 3. The van der Waals surface area contributed by atoms with E-state index in [2.05, 4.69) is 21.4 Å². The molecule has 2 heterocycles. The quantitative estimate of drug-likeness (QED) is 0.502. The van der Waals surface area contributed by atoms with Gasteiger partial charge in [0.05, 0.1) is 5.69 Å². The molecule has 2 N–H and O–H groups in total. The Labute approximate surface area is 167 Å². The lowest BCUT2D eigenvalue weighted by atomic mass is 9.90. The average molecular weight is 394 g/mol. The molecule has 6 heteroatoms. The van der Waals surface area contributed by atoms with E-state index >= 15 is 0 Å². The molecule has 142 valence electrons. The van der Waals surface area contributed by atoms with Crippen LogP contribution in [-0.4, -0.2) is 22.4 Å². The second kappa shape index (κ2) is 7.52. The minimum absolute atomic E-state index is 0.113. The SMILES string of the molecule is Cc1nc(C)c(C(=O)NC[C@H](c2ccccc2Cl)c2c[nH]c3ccccc23)o1. The fraction of sp³-hybridized carbons (Fsp3) is 0.182. The number of H-pyrrole nitrogens is 1. The summed E-state index contributed by atoms with van der Waals surface area (Å²) in [4.78, 5) is 20.1. The molecule has 1 amide bonds. The number of carbonyl (C=O) groups excluding carboxylic acids is 1. The first-order valence-corrected chi connectivity index (χ1v) is 9.45. The van der Waals surface area contributed by atoms with E-state index in [4.69, 9.17) is 16.0 Å². The fourth-order valence-electron chi connectivity index (χ4n) is 3.54. The first-order valence-electron chi connectivity index (χ1n) is 9.07. The molecule has 4 aromatic rings. The molecule has 4 rings (SSSR count). The van der Waals surface area contributed by atoms with Gasteiger partial charge in [0, 0.05) is 41.5 Å². The molecule has 0 aliphatic carbocycles. The molecule has 0 fully saturated rings. The molecule has 0 bridgehead atoms. The molecular formula is C22H20ClN3O2. The highest BCUT2D eigenvalue weighted by atomic mass is 35.5. The van der Waals surface area contributed by atoms with Crippen molar-refractivity contribution in [1.82, 2.24) is 15.3 Å². The van der Waals surface area contributed by atoms with E-state index in [1.807, 2.05) is 48.7 Å². The largest absolute Gasteiger partial charge is 0.436 e. The van der Waals surface area contributed by atoms with Gasteiger partial charge < -0.3 is 14.7 Å². The van der Waals surface area contributed by atoms with Gasteiger partial charge in [-0.3, -0.25) is 4.79 Å². The van der Waals surface area contributed by atoms with E-state index in [9.17, 15) is 4.79 Å². The van der Waals surface area contributed by atoms with Crippen molar-refractivity contribution in [3.8, 4) is 0 Å². The summed E-state index contributed by atoms with van der Waals surface area (Å²) in [6.07, 6.45) is 1.98. The Morgan fingerprint density at radius 3 is 2.64 bits per heavy atom. The van der Waals surface area contributed by atoms with Crippen LogP contribution in [0.1, 0.15) is 39.2 Å². The molecule has 0 unspecified atom stereocenters. The number of aromatic nitrogens is 2. The van der Waals surface area contributed by atoms with Crippen LogP contribution in [0.15, 0.2) is 59.1 Å². The molecule has 0 aliphatic rings. The van der Waals surface area contributed by atoms with Crippen molar-refractivity contribution in [3.05, 3.63) is 88.2 Å². The Kier molecular flexibility index (Phi) is 4.92. The number of nitrogens with zero attached hydrogens (tertiary/aromatic N) is 1. The summed E-state index contributed by atoms with van der Waals surface area (Å²) in [5.41, 5.74) is 3.66. The topological polar surface area (TPSA) is 70.9 Å². The Balaban J connectivity index is 1.69. The normalized spacial score (nSPS) is 12.2. The van der Waals surface area contributed by atoms with Gasteiger partial charge in [-0.2, -0.15) is 0 Å². The highest BCUT2D eigenvalue weighted by molar-refractivity contribution is 6.31. The summed E-state index contributed by atoms with van der Waals surface area (Å²) in [7, 11) is 0. The van der Waals surface area contributed by atoms with Crippen molar-refractivity contribution in [1.29, 1.82) is 0 Å². The van der Waals surface area contributed by atoms with E-state index < -0.39 is 0 Å². The van der Waals surface area contributed by atoms with Gasteiger partial charge in [0.1, 0.15) is 0 Å². The molecule has 0 spiro atoms. The van der Waals surface area contributed by atoms with Crippen LogP contribution in [0.5, 0.6) is 0 Å². The number of nitrogens with one attached hydrogen (secondary N) is 2. The first kappa shape index (κ1) is 18.3. The molecule has 0 radical (unpaired) electrons. The average Bonchev–Trinajstić information content (AvgIpc) is 3.26. The van der Waals surface area contributed by atoms with Crippen LogP contribution < -0.4 is 5.32 Å². The molecule has 0 saturated carbocycles. The van der Waals surface area contributed by atoms with Gasteiger partial charge in [-0.15, -0.1) is 0 Å². The number of hydrogen-bond donors (Lipinski definition) is 2. The van der Waals surface area contributed by atoms with Gasteiger partial charge in [0.2, 0.25) is 5.76 Å². The summed E-state index contributed by atoms with van der Waals surface area (Å²) >= 11 is 6.50. The Morgan fingerprint density at radius 2 is 1.89 bits per heavy atom. The van der Waals surface area contributed by atoms with Crippen LogP contribution in [0.25, 0.3) is 10.9 Å². The van der Waals surface area contributed by atoms with Gasteiger partial charge >= 0.3 is 0 Å². The van der Waals surface area contributed by atoms with E-state index in [-0.39, 0.29) is 17.6 Å². The standard InChI is InChI=1S/C22H20ClN3O2/c1-13-21(28-14(2)26-13)22(27)25-12-17(15-7-3-5-9-19(15)23)18-11-24-20-10-6-4-8-16(18)20/h3-11,17,24H,12H2,1-2H3,(H,25,27)/t17-/m1/s1. The number of amides is 1. The highest BCUT2D eigenvalue weighted by Gasteiger charge is 2.23. The minimum atomic E-state index is -0.282. The molecular weight excluding hydrogens is 374 g/mol. The number of oxazole rings is 1. The number of benzene rings is 2. The second-order valence-corrected chi connectivity index (χ2v) is 7.13. The molecule has 2 aromatic carbocycles. The zero-order valence-corrected chi connectivity index (χ0v) is 16.4. The zero-order chi connectivity index (χ0) is 19.7. The number of aromatic amines is 1. The Bertz CT molecular complexity index is 1150. The van der Waals surface area contributed by atoms with Crippen molar-refractivity contribution >= 4 is 28.4 Å². The van der Waals surface area contributed by atoms with Crippen LogP contribution in [-0.2, 0) is 0 Å². The fourth-order valence-corrected chi connectivity index (χ4v) is 3.81. The number of aryl methyl sites for hydroxylation is 2. The number of para-hydroxylation sites is 1. The maximum Gasteiger partial charge on any atom is 0.289 e. The molecule has 0 saturated heterocycles. The van der Waals surface area contributed by atoms with E-state index in [1.54, 1.807) is 13.8 Å². The van der Waals surface area contributed by atoms with Crippen LogP contribution in [0, 0.1) is 13.8 Å². The number of carbonyl (C=O) groups is 1. The molecule has 5 nitrogen and oxygen atoms in total. The summed E-state index contributed by atoms with van der Waals surface area (Å²) in [6.45, 7) is 3.86. The Hall–Kier alpha value is -3.05. The van der Waals surface area contributed by atoms with Crippen LogP contribution in [0.2, 0.25) is 5.02 Å². The minimum Gasteiger partial charge on any atom is -0.436 e. The monoisotopic (exact) mass is 393 g/mol. The predicted molar refractivity (Wildman–Crippen MR) is 110 cm³/mol. The zero-order valence-electron chi connectivity index (χ0n) is 15.6. The predicted octanol–water partition coefficient (Wildman–Crippen LogP) is 4.99. The van der Waals surface area contributed by atoms with Gasteiger partial charge in [-0.1, -0.05) is 48.0 Å². The van der Waals surface area contributed by atoms with Crippen LogP contribution in [0.4, 0.5) is 0 Å². The van der Waals surface area contributed by atoms with E-state index in [0.29, 0.717) is 23.2 Å². The third-order valence-electron chi connectivity index (χ3n) is 4.85. The highest BCUT2D eigenvalue weighted by Crippen LogP contribution is 2.34. The summed E-state index contributed by atoms with van der Waals surface area (Å²) in [6, 6.07) is 15.8. The smallest absolute Gasteiger partial charge is 0.289 e. The van der Waals surface area contributed by atoms with Crippen LogP contribution in [0.3, 0.4) is 0 Å². The third-order valence-corrected chi connectivity index (χ3v) is 5.20. The lowest BCUT2D eigenvalue weighted by Crippen LogP contribution is -2.29. The van der Waals surface area contributed by atoms with Crippen molar-refractivity contribution in [2.45, 2.75) is 19.8 Å². The molecule has 0 aliphatic heterocycles. The van der Waals surface area contributed by atoms with Gasteiger partial charge in [0.25, 0.3) is 5.91 Å². The summed E-state index contributed by atoms with van der Waals surface area (Å²) in [5, 5.41) is 4.76. The number of rotatable bonds is 5. The first-order chi connectivity index (χ1) is 13.5. The van der Waals surface area contributed by atoms with Gasteiger partial charge in [0.15, 0.2) is 5.89 Å². The third kappa shape index (κ3) is 3.41. The summed E-state index contributed by atoms with van der Waals surface area (Å²) in [5.74, 6) is 0.324. The lowest BCUT2D eigenvalue weighted by molar-refractivity contribution is 0.0922. The maximum atomic E-state index is 12.6. The Morgan fingerprint density at radius 1 is 1.14 bits per heavy atom. The number of halogens is 1. The van der Waals surface area contributed by atoms with Crippen molar-refractivity contribution in [3.63, 3.8) is 0 Å². The maximum absolute atomic E-state index is 12.6. The molecule has 1 atom stereocenters. The number of fused-ring (bicyclic) bond motifs is 1. The molecule has 28 heavy (non-hydrogen) atoms. The van der Waals surface area contributed by atoms with Gasteiger partial charge in [-0.05, 0) is 30.2 Å². The second-order valence-electron chi connectivity index (χ2n) is 6.72. The van der Waals surface area contributed by atoms with Crippen molar-refractivity contribution < 1.29 is 9.21 Å².